The van der Waals surface area contributed by atoms with Gasteiger partial charge in [0.05, 0.1) is 34.2 Å². The van der Waals surface area contributed by atoms with Crippen molar-refractivity contribution in [1.29, 1.82) is 0 Å². The first-order chi connectivity index (χ1) is 13.8. The van der Waals surface area contributed by atoms with Crippen LogP contribution in [0.15, 0.2) is 28.7 Å². The molecule has 0 spiro atoms. The lowest BCUT2D eigenvalue weighted by molar-refractivity contribution is -0.869. The number of nitrogens with zero attached hydrogens (tertiary/aromatic N) is 1. The first-order valence-corrected chi connectivity index (χ1v) is 11.1. The third-order valence-electron chi connectivity index (χ3n) is 6.63. The topological polar surface area (TPSA) is 42.2 Å². The summed E-state index contributed by atoms with van der Waals surface area (Å²) < 4.78 is 6.72. The Labute approximate surface area is 182 Å². The van der Waals surface area contributed by atoms with Gasteiger partial charge in [0.1, 0.15) is 5.76 Å². The third kappa shape index (κ3) is 4.97. The van der Waals surface area contributed by atoms with Crippen molar-refractivity contribution in [2.24, 2.45) is 0 Å². The fourth-order valence-corrected chi connectivity index (χ4v) is 4.33. The van der Waals surface area contributed by atoms with Gasteiger partial charge >= 0.3 is 0 Å². The maximum atomic E-state index is 12.4. The molecule has 0 fully saturated rings. The Hall–Kier alpha value is -2.07. The zero-order chi connectivity index (χ0) is 22.3. The van der Waals surface area contributed by atoms with Crippen LogP contribution in [-0.2, 0) is 17.3 Å². The number of amides is 1. The van der Waals surface area contributed by atoms with E-state index in [0.29, 0.717) is 18.7 Å². The predicted octanol–water partition coefficient (Wildman–Crippen LogP) is 4.96. The molecule has 1 heterocycles. The number of furan rings is 1. The van der Waals surface area contributed by atoms with E-state index >= 15 is 0 Å². The summed E-state index contributed by atoms with van der Waals surface area (Å²) in [5, 5.41) is 2.96. The van der Waals surface area contributed by atoms with Crippen molar-refractivity contribution in [1.82, 2.24) is 5.32 Å². The van der Waals surface area contributed by atoms with E-state index in [4.69, 9.17) is 4.42 Å². The summed E-state index contributed by atoms with van der Waals surface area (Å²) in [5.41, 5.74) is 5.93. The molecule has 0 bridgehead atoms. The summed E-state index contributed by atoms with van der Waals surface area (Å²) in [4.78, 5) is 12.4. The van der Waals surface area contributed by atoms with Crippen LogP contribution in [0.2, 0.25) is 0 Å². The molecule has 0 radical (unpaired) electrons. The van der Waals surface area contributed by atoms with Gasteiger partial charge in [-0.3, -0.25) is 4.79 Å². The van der Waals surface area contributed by atoms with E-state index in [-0.39, 0.29) is 16.7 Å². The molecule has 0 aliphatic heterocycles. The number of quaternary nitrogens is 1. The fraction of sp³-hybridized carbons (Fsp3) is 0.577. The summed E-state index contributed by atoms with van der Waals surface area (Å²) in [6.07, 6.45) is 3.13. The maximum absolute atomic E-state index is 12.4. The Morgan fingerprint density at radius 1 is 1.03 bits per heavy atom. The van der Waals surface area contributed by atoms with Crippen LogP contribution in [-0.4, -0.2) is 44.6 Å². The van der Waals surface area contributed by atoms with Crippen molar-refractivity contribution < 1.29 is 13.7 Å². The standard InChI is InChI=1S/C26H38N2O2/c1-18-15-21-22(26(4,5)12-11-25(21,2)3)17-19(18)16-20-9-10-23(30-20)24(29)27-13-14-28(6,7)8/h9-10,15,17H,11-14,16H2,1-8H3/p+1. The number of rotatable bonds is 6. The molecule has 4 nitrogen and oxygen atoms in total. The Bertz CT molecular complexity index is 929. The molecule has 4 heteroatoms. The molecule has 0 unspecified atom stereocenters. The Kier molecular flexibility index (Phi) is 5.94. The number of carbonyl (C=O) groups excluding carboxylic acids is 1. The minimum Gasteiger partial charge on any atom is -0.456 e. The maximum Gasteiger partial charge on any atom is 0.287 e. The van der Waals surface area contributed by atoms with E-state index in [9.17, 15) is 4.79 Å². The lowest BCUT2D eigenvalue weighted by Crippen LogP contribution is -2.41. The Morgan fingerprint density at radius 2 is 1.63 bits per heavy atom. The van der Waals surface area contributed by atoms with Gasteiger partial charge in [-0.2, -0.15) is 0 Å². The van der Waals surface area contributed by atoms with Gasteiger partial charge in [-0.1, -0.05) is 39.8 Å². The van der Waals surface area contributed by atoms with Gasteiger partial charge in [0.15, 0.2) is 5.76 Å². The zero-order valence-corrected chi connectivity index (χ0v) is 20.1. The van der Waals surface area contributed by atoms with Gasteiger partial charge < -0.3 is 14.2 Å². The SMILES string of the molecule is Cc1cc2c(cc1Cc1ccc(C(=O)NCC[N+](C)(C)C)o1)C(C)(C)CCC2(C)C. The number of hydrogen-bond acceptors (Lipinski definition) is 2. The van der Waals surface area contributed by atoms with E-state index in [1.807, 2.05) is 6.07 Å². The van der Waals surface area contributed by atoms with Gasteiger partial charge in [-0.15, -0.1) is 0 Å². The smallest absolute Gasteiger partial charge is 0.287 e. The van der Waals surface area contributed by atoms with Crippen LogP contribution in [0.3, 0.4) is 0 Å². The highest BCUT2D eigenvalue weighted by Gasteiger charge is 2.37. The summed E-state index contributed by atoms with van der Waals surface area (Å²) in [5.74, 6) is 1.09. The average Bonchev–Trinajstić information content (AvgIpc) is 3.08. The van der Waals surface area contributed by atoms with Crippen LogP contribution in [0.25, 0.3) is 0 Å². The van der Waals surface area contributed by atoms with Crippen LogP contribution < -0.4 is 5.32 Å². The molecule has 1 aliphatic carbocycles. The molecule has 30 heavy (non-hydrogen) atoms. The molecule has 3 rings (SSSR count). The highest BCUT2D eigenvalue weighted by molar-refractivity contribution is 5.91. The van der Waals surface area contributed by atoms with Crippen molar-refractivity contribution in [3.63, 3.8) is 0 Å². The number of hydrogen-bond donors (Lipinski definition) is 1. The lowest BCUT2D eigenvalue weighted by Gasteiger charge is -2.42. The van der Waals surface area contributed by atoms with Crippen molar-refractivity contribution in [2.45, 2.75) is 64.7 Å². The molecular formula is C26H39N2O2+. The largest absolute Gasteiger partial charge is 0.456 e. The summed E-state index contributed by atoms with van der Waals surface area (Å²) >= 11 is 0. The number of aryl methyl sites for hydroxylation is 1. The lowest BCUT2D eigenvalue weighted by atomic mass is 9.62. The number of nitrogens with one attached hydrogen (secondary N) is 1. The number of likely N-dealkylation sites (N-methyl/N-ethyl adjacent to an activating group) is 1. The molecule has 0 saturated carbocycles. The first-order valence-electron chi connectivity index (χ1n) is 11.1. The summed E-state index contributed by atoms with van der Waals surface area (Å²) in [7, 11) is 6.33. The minimum absolute atomic E-state index is 0.139. The van der Waals surface area contributed by atoms with Crippen LogP contribution in [0, 0.1) is 6.92 Å². The molecule has 1 aromatic heterocycles. The zero-order valence-electron chi connectivity index (χ0n) is 20.1. The van der Waals surface area contributed by atoms with E-state index in [1.165, 1.54) is 35.1 Å². The van der Waals surface area contributed by atoms with E-state index in [0.717, 1.165) is 16.8 Å². The minimum atomic E-state index is -0.139. The average molecular weight is 412 g/mol. The van der Waals surface area contributed by atoms with Gasteiger partial charge in [0.2, 0.25) is 0 Å². The van der Waals surface area contributed by atoms with E-state index in [2.05, 4.69) is 73.2 Å². The van der Waals surface area contributed by atoms with Crippen LogP contribution >= 0.6 is 0 Å². The molecule has 164 valence electrons. The van der Waals surface area contributed by atoms with Crippen LogP contribution in [0.5, 0.6) is 0 Å². The second-order valence-electron chi connectivity index (χ2n) is 11.3. The van der Waals surface area contributed by atoms with Gasteiger partial charge in [0, 0.05) is 6.42 Å². The molecule has 1 amide bonds. The quantitative estimate of drug-likeness (QED) is 0.683. The number of carbonyl (C=O) groups is 1. The Balaban J connectivity index is 1.77. The van der Waals surface area contributed by atoms with Crippen LogP contribution in [0.4, 0.5) is 0 Å². The molecule has 0 atom stereocenters. The molecule has 0 saturated heterocycles. The van der Waals surface area contributed by atoms with Crippen molar-refractivity contribution in [3.8, 4) is 0 Å². The van der Waals surface area contributed by atoms with Crippen molar-refractivity contribution >= 4 is 5.91 Å². The molecular weight excluding hydrogens is 372 g/mol. The molecule has 1 aromatic carbocycles. The third-order valence-corrected chi connectivity index (χ3v) is 6.63. The normalized spacial score (nSPS) is 17.5. The Morgan fingerprint density at radius 3 is 2.23 bits per heavy atom. The highest BCUT2D eigenvalue weighted by Crippen LogP contribution is 2.46. The second-order valence-corrected chi connectivity index (χ2v) is 11.3. The van der Waals surface area contributed by atoms with Gasteiger partial charge in [0.25, 0.3) is 5.91 Å². The van der Waals surface area contributed by atoms with E-state index < -0.39 is 0 Å². The van der Waals surface area contributed by atoms with Crippen molar-refractivity contribution in [3.05, 3.63) is 58.0 Å². The first kappa shape index (κ1) is 22.6. The number of benzene rings is 1. The van der Waals surface area contributed by atoms with Crippen molar-refractivity contribution in [2.75, 3.05) is 34.2 Å². The molecule has 2 aromatic rings. The fourth-order valence-electron chi connectivity index (χ4n) is 4.33. The molecule has 1 N–H and O–H groups in total. The molecule has 1 aliphatic rings. The van der Waals surface area contributed by atoms with Crippen LogP contribution in [0.1, 0.15) is 79.1 Å². The summed E-state index contributed by atoms with van der Waals surface area (Å²) in [6.45, 7) is 13.1. The second kappa shape index (κ2) is 7.88. The van der Waals surface area contributed by atoms with Gasteiger partial charge in [-0.25, -0.2) is 0 Å². The van der Waals surface area contributed by atoms with E-state index in [1.54, 1.807) is 6.07 Å². The highest BCUT2D eigenvalue weighted by atomic mass is 16.3. The summed E-state index contributed by atoms with van der Waals surface area (Å²) in [6, 6.07) is 8.49. The predicted molar refractivity (Wildman–Crippen MR) is 123 cm³/mol. The van der Waals surface area contributed by atoms with Gasteiger partial charge in [-0.05, 0) is 65.0 Å². The number of fused-ring (bicyclic) bond motifs is 1. The monoisotopic (exact) mass is 411 g/mol.